The summed E-state index contributed by atoms with van der Waals surface area (Å²) in [7, 11) is 0. The fourth-order valence-electron chi connectivity index (χ4n) is 1.55. The number of phenolic OH excluding ortho intramolecular Hbond substituents is 1. The molecule has 2 nitrogen and oxygen atoms in total. The maximum absolute atomic E-state index is 9.62. The first-order chi connectivity index (χ1) is 6.65. The van der Waals surface area contributed by atoms with Crippen molar-refractivity contribution in [2.75, 3.05) is 0 Å². The summed E-state index contributed by atoms with van der Waals surface area (Å²) in [5, 5.41) is 9.62. The number of aryl methyl sites for hydroxylation is 1. The first-order valence-electron chi connectivity index (χ1n) is 5.20. The highest BCUT2D eigenvalue weighted by atomic mass is 35.5. The van der Waals surface area contributed by atoms with Gasteiger partial charge in [-0.1, -0.05) is 37.5 Å². The molecule has 0 radical (unpaired) electrons. The second-order valence-corrected chi connectivity index (χ2v) is 3.81. The quantitative estimate of drug-likeness (QED) is 0.832. The molecule has 0 amide bonds. The molecule has 1 aromatic rings. The van der Waals surface area contributed by atoms with Crippen LogP contribution in [0.4, 0.5) is 0 Å². The number of halogens is 1. The molecule has 0 saturated heterocycles. The molecule has 3 heteroatoms. The lowest BCUT2D eigenvalue weighted by molar-refractivity contribution is 0.456. The van der Waals surface area contributed by atoms with Crippen molar-refractivity contribution < 1.29 is 5.11 Å². The van der Waals surface area contributed by atoms with Crippen LogP contribution in [0.15, 0.2) is 18.2 Å². The summed E-state index contributed by atoms with van der Waals surface area (Å²) in [5.74, 6) is 0.319. The number of aromatic hydroxyl groups is 1. The number of rotatable bonds is 4. The van der Waals surface area contributed by atoms with E-state index in [4.69, 9.17) is 5.73 Å². The molecule has 15 heavy (non-hydrogen) atoms. The van der Waals surface area contributed by atoms with E-state index in [9.17, 15) is 5.11 Å². The summed E-state index contributed by atoms with van der Waals surface area (Å²) >= 11 is 0. The largest absolute Gasteiger partial charge is 0.508 e. The van der Waals surface area contributed by atoms with Crippen molar-refractivity contribution in [2.45, 2.75) is 39.2 Å². The Hall–Kier alpha value is -0.730. The standard InChI is InChI=1S/C12H19NO.ClH/c1-3-4-5-11(13)10-8-9(2)6-7-12(10)14;/h6-8,11,14H,3-5,13H2,1-2H3;1H/t11-;/m1./s1. The van der Waals surface area contributed by atoms with Crippen molar-refractivity contribution >= 4 is 12.4 Å². The minimum atomic E-state index is -0.0325. The molecule has 0 heterocycles. The van der Waals surface area contributed by atoms with Gasteiger partial charge in [0, 0.05) is 11.6 Å². The fourth-order valence-corrected chi connectivity index (χ4v) is 1.55. The third-order valence-electron chi connectivity index (χ3n) is 2.45. The van der Waals surface area contributed by atoms with Crippen molar-refractivity contribution in [3.63, 3.8) is 0 Å². The molecule has 1 atom stereocenters. The molecular weight excluding hydrogens is 210 g/mol. The number of unbranched alkanes of at least 4 members (excludes halogenated alkanes) is 1. The van der Waals surface area contributed by atoms with E-state index in [1.54, 1.807) is 6.07 Å². The zero-order valence-corrected chi connectivity index (χ0v) is 10.2. The van der Waals surface area contributed by atoms with Crippen LogP contribution in [0.25, 0.3) is 0 Å². The van der Waals surface area contributed by atoms with Crippen molar-refractivity contribution in [1.82, 2.24) is 0 Å². The van der Waals surface area contributed by atoms with Crippen LogP contribution in [0, 0.1) is 6.92 Å². The lowest BCUT2D eigenvalue weighted by Crippen LogP contribution is -2.10. The van der Waals surface area contributed by atoms with Crippen LogP contribution in [0.5, 0.6) is 5.75 Å². The molecule has 0 aliphatic heterocycles. The highest BCUT2D eigenvalue weighted by molar-refractivity contribution is 5.85. The van der Waals surface area contributed by atoms with E-state index in [1.807, 2.05) is 19.1 Å². The van der Waals surface area contributed by atoms with E-state index in [2.05, 4.69) is 6.92 Å². The summed E-state index contributed by atoms with van der Waals surface area (Å²) in [6.45, 7) is 4.15. The van der Waals surface area contributed by atoms with E-state index in [0.29, 0.717) is 5.75 Å². The SMILES string of the molecule is CCCC[C@@H](N)c1cc(C)ccc1O.Cl. The molecule has 0 aromatic heterocycles. The number of benzene rings is 1. The lowest BCUT2D eigenvalue weighted by atomic mass is 9.99. The third-order valence-corrected chi connectivity index (χ3v) is 2.45. The van der Waals surface area contributed by atoms with Crippen LogP contribution in [-0.2, 0) is 0 Å². The average molecular weight is 230 g/mol. The number of nitrogens with two attached hydrogens (primary N) is 1. The molecule has 0 saturated carbocycles. The molecule has 86 valence electrons. The Kier molecular flexibility index (Phi) is 6.37. The minimum absolute atomic E-state index is 0. The van der Waals surface area contributed by atoms with E-state index in [1.165, 1.54) is 0 Å². The van der Waals surface area contributed by atoms with E-state index >= 15 is 0 Å². The molecule has 0 unspecified atom stereocenters. The summed E-state index contributed by atoms with van der Waals surface area (Å²) in [6.07, 6.45) is 3.18. The van der Waals surface area contributed by atoms with Gasteiger partial charge in [-0.05, 0) is 19.4 Å². The zero-order valence-electron chi connectivity index (χ0n) is 9.36. The second-order valence-electron chi connectivity index (χ2n) is 3.81. The van der Waals surface area contributed by atoms with Gasteiger partial charge in [-0.2, -0.15) is 0 Å². The maximum Gasteiger partial charge on any atom is 0.120 e. The molecule has 0 fully saturated rings. The normalized spacial score (nSPS) is 11.9. The van der Waals surface area contributed by atoms with Crippen molar-refractivity contribution in [3.8, 4) is 5.75 Å². The first kappa shape index (κ1) is 14.3. The van der Waals surface area contributed by atoms with Gasteiger partial charge >= 0.3 is 0 Å². The van der Waals surface area contributed by atoms with Gasteiger partial charge in [-0.15, -0.1) is 12.4 Å². The Bertz CT molecular complexity index is 302. The van der Waals surface area contributed by atoms with Gasteiger partial charge in [0.25, 0.3) is 0 Å². The van der Waals surface area contributed by atoms with Crippen LogP contribution in [0.2, 0.25) is 0 Å². The highest BCUT2D eigenvalue weighted by Gasteiger charge is 2.09. The van der Waals surface area contributed by atoms with Crippen LogP contribution >= 0.6 is 12.4 Å². The zero-order chi connectivity index (χ0) is 10.6. The van der Waals surface area contributed by atoms with E-state index < -0.39 is 0 Å². The van der Waals surface area contributed by atoms with Crippen LogP contribution < -0.4 is 5.73 Å². The molecule has 0 aliphatic carbocycles. The molecule has 3 N–H and O–H groups in total. The fraction of sp³-hybridized carbons (Fsp3) is 0.500. The van der Waals surface area contributed by atoms with Gasteiger partial charge in [-0.25, -0.2) is 0 Å². The van der Waals surface area contributed by atoms with Gasteiger partial charge in [-0.3, -0.25) is 0 Å². The average Bonchev–Trinajstić information content (AvgIpc) is 2.18. The summed E-state index contributed by atoms with van der Waals surface area (Å²) in [4.78, 5) is 0. The first-order valence-corrected chi connectivity index (χ1v) is 5.20. The Morgan fingerprint density at radius 1 is 1.40 bits per heavy atom. The Balaban J connectivity index is 0.00000196. The predicted molar refractivity (Wildman–Crippen MR) is 66.5 cm³/mol. The number of hydrogen-bond donors (Lipinski definition) is 2. The summed E-state index contributed by atoms with van der Waals surface area (Å²) in [6, 6.07) is 5.55. The highest BCUT2D eigenvalue weighted by Crippen LogP contribution is 2.26. The summed E-state index contributed by atoms with van der Waals surface area (Å²) in [5.41, 5.74) is 8.01. The topological polar surface area (TPSA) is 46.2 Å². The van der Waals surface area contributed by atoms with Crippen molar-refractivity contribution in [1.29, 1.82) is 0 Å². The second kappa shape index (κ2) is 6.70. The maximum atomic E-state index is 9.62. The lowest BCUT2D eigenvalue weighted by Gasteiger charge is -2.13. The Labute approximate surface area is 97.9 Å². The van der Waals surface area contributed by atoms with Gasteiger partial charge in [0.05, 0.1) is 0 Å². The Morgan fingerprint density at radius 3 is 2.67 bits per heavy atom. The summed E-state index contributed by atoms with van der Waals surface area (Å²) < 4.78 is 0. The van der Waals surface area contributed by atoms with Gasteiger partial charge in [0.15, 0.2) is 0 Å². The molecular formula is C12H20ClNO. The van der Waals surface area contributed by atoms with E-state index in [-0.39, 0.29) is 18.4 Å². The third kappa shape index (κ3) is 4.10. The molecule has 0 bridgehead atoms. The van der Waals surface area contributed by atoms with Crippen LogP contribution in [-0.4, -0.2) is 5.11 Å². The van der Waals surface area contributed by atoms with Crippen LogP contribution in [0.1, 0.15) is 43.4 Å². The van der Waals surface area contributed by atoms with Gasteiger partial charge in [0.1, 0.15) is 5.75 Å². The monoisotopic (exact) mass is 229 g/mol. The molecule has 1 aromatic carbocycles. The number of phenols is 1. The molecule has 1 rings (SSSR count). The van der Waals surface area contributed by atoms with Crippen LogP contribution in [0.3, 0.4) is 0 Å². The van der Waals surface area contributed by atoms with Gasteiger partial charge in [0.2, 0.25) is 0 Å². The Morgan fingerprint density at radius 2 is 2.07 bits per heavy atom. The van der Waals surface area contributed by atoms with Crippen molar-refractivity contribution in [2.24, 2.45) is 5.73 Å². The van der Waals surface area contributed by atoms with Crippen molar-refractivity contribution in [3.05, 3.63) is 29.3 Å². The number of hydrogen-bond acceptors (Lipinski definition) is 2. The molecule has 0 spiro atoms. The van der Waals surface area contributed by atoms with Gasteiger partial charge < -0.3 is 10.8 Å². The predicted octanol–water partition coefficient (Wildman–Crippen LogP) is 3.31. The smallest absolute Gasteiger partial charge is 0.120 e. The molecule has 0 aliphatic rings. The minimum Gasteiger partial charge on any atom is -0.508 e. The van der Waals surface area contributed by atoms with E-state index in [0.717, 1.165) is 30.4 Å².